The van der Waals surface area contributed by atoms with Gasteiger partial charge in [-0.15, -0.1) is 0 Å². The van der Waals surface area contributed by atoms with E-state index in [1.54, 1.807) is 25.1 Å². The lowest BCUT2D eigenvalue weighted by molar-refractivity contribution is -0.383. The molecule has 0 aliphatic heterocycles. The van der Waals surface area contributed by atoms with Gasteiger partial charge in [0.05, 0.1) is 11.5 Å². The molecule has 3 rings (SSSR count). The number of nitro benzene ring substituents is 1. The van der Waals surface area contributed by atoms with Crippen molar-refractivity contribution in [2.45, 2.75) is 13.5 Å². The highest BCUT2D eigenvalue weighted by Crippen LogP contribution is 2.28. The maximum Gasteiger partial charge on any atom is 0.295 e. The molecule has 2 aromatic heterocycles. The number of anilines is 1. The van der Waals surface area contributed by atoms with E-state index >= 15 is 0 Å². The third-order valence-electron chi connectivity index (χ3n) is 2.95. The number of nitrogens with one attached hydrogen (secondary N) is 1. The van der Waals surface area contributed by atoms with Crippen LogP contribution in [0.15, 0.2) is 35.0 Å². The Labute approximate surface area is 119 Å². The third kappa shape index (κ3) is 2.50. The van der Waals surface area contributed by atoms with Gasteiger partial charge in [0.2, 0.25) is 5.89 Å². The van der Waals surface area contributed by atoms with Crippen LogP contribution in [0, 0.1) is 17.0 Å². The molecule has 0 saturated heterocycles. The molecular weight excluding hydrogens is 274 g/mol. The van der Waals surface area contributed by atoms with Crippen molar-refractivity contribution in [2.75, 3.05) is 5.32 Å². The summed E-state index contributed by atoms with van der Waals surface area (Å²) in [6, 6.07) is 6.59. The third-order valence-corrected chi connectivity index (χ3v) is 2.95. The Balaban J connectivity index is 1.95. The lowest BCUT2D eigenvalue weighted by atomic mass is 10.1. The lowest BCUT2D eigenvalue weighted by Crippen LogP contribution is -2.02. The number of aryl methyl sites for hydroxylation is 1. The highest BCUT2D eigenvalue weighted by molar-refractivity contribution is 5.96. The molecule has 0 spiro atoms. The molecule has 0 bridgehead atoms. The molecule has 0 fully saturated rings. The van der Waals surface area contributed by atoms with E-state index in [9.17, 15) is 10.1 Å². The van der Waals surface area contributed by atoms with Gasteiger partial charge in [0.15, 0.2) is 5.82 Å². The summed E-state index contributed by atoms with van der Waals surface area (Å²) in [4.78, 5) is 18.8. The van der Waals surface area contributed by atoms with Crippen molar-refractivity contribution in [1.82, 2.24) is 15.1 Å². The second-order valence-corrected chi connectivity index (χ2v) is 4.37. The molecule has 0 aliphatic rings. The fourth-order valence-electron chi connectivity index (χ4n) is 2.05. The van der Waals surface area contributed by atoms with E-state index in [0.29, 0.717) is 29.2 Å². The fourth-order valence-corrected chi connectivity index (χ4v) is 2.05. The average molecular weight is 285 g/mol. The summed E-state index contributed by atoms with van der Waals surface area (Å²) in [5, 5.41) is 18.6. The van der Waals surface area contributed by atoms with Crippen LogP contribution in [-0.4, -0.2) is 20.0 Å². The number of para-hydroxylation sites is 1. The zero-order valence-corrected chi connectivity index (χ0v) is 11.1. The highest BCUT2D eigenvalue weighted by Gasteiger charge is 2.14. The predicted molar refractivity (Wildman–Crippen MR) is 74.8 cm³/mol. The number of nitrogens with zero attached hydrogens (tertiary/aromatic N) is 4. The van der Waals surface area contributed by atoms with Crippen LogP contribution >= 0.6 is 0 Å². The summed E-state index contributed by atoms with van der Waals surface area (Å²) in [6.07, 6.45) is 1.53. The van der Waals surface area contributed by atoms with Crippen LogP contribution in [-0.2, 0) is 6.54 Å². The van der Waals surface area contributed by atoms with Gasteiger partial charge in [0, 0.05) is 30.3 Å². The topological polar surface area (TPSA) is 107 Å². The standard InChI is InChI=1S/C13H11N5O3/c1-8-16-12(17-21-8)7-15-10-5-6-14-13-9(10)3-2-4-11(13)18(19)20/h2-6H,7H2,1H3,(H,14,15). The Hall–Kier alpha value is -3.03. The van der Waals surface area contributed by atoms with E-state index in [0.717, 1.165) is 5.69 Å². The Morgan fingerprint density at radius 3 is 2.95 bits per heavy atom. The van der Waals surface area contributed by atoms with Crippen LogP contribution in [0.5, 0.6) is 0 Å². The second kappa shape index (κ2) is 5.16. The Morgan fingerprint density at radius 2 is 2.24 bits per heavy atom. The first-order chi connectivity index (χ1) is 10.1. The molecule has 0 amide bonds. The number of fused-ring (bicyclic) bond motifs is 1. The van der Waals surface area contributed by atoms with Crippen LogP contribution in [0.25, 0.3) is 10.9 Å². The summed E-state index contributed by atoms with van der Waals surface area (Å²) < 4.78 is 4.89. The fraction of sp³-hybridized carbons (Fsp3) is 0.154. The van der Waals surface area contributed by atoms with Gasteiger partial charge in [0.25, 0.3) is 5.69 Å². The van der Waals surface area contributed by atoms with Gasteiger partial charge in [-0.1, -0.05) is 17.3 Å². The molecular formula is C13H11N5O3. The Morgan fingerprint density at radius 1 is 1.38 bits per heavy atom. The molecule has 0 radical (unpaired) electrons. The number of aromatic nitrogens is 3. The van der Waals surface area contributed by atoms with Crippen LogP contribution < -0.4 is 5.32 Å². The number of hydrogen-bond acceptors (Lipinski definition) is 7. The van der Waals surface area contributed by atoms with E-state index < -0.39 is 4.92 Å². The number of hydrogen-bond donors (Lipinski definition) is 1. The lowest BCUT2D eigenvalue weighted by Gasteiger charge is -2.07. The quantitative estimate of drug-likeness (QED) is 0.579. The summed E-state index contributed by atoms with van der Waals surface area (Å²) in [7, 11) is 0. The summed E-state index contributed by atoms with van der Waals surface area (Å²) in [6.45, 7) is 2.07. The molecule has 106 valence electrons. The first-order valence-corrected chi connectivity index (χ1v) is 6.20. The molecule has 8 heteroatoms. The number of rotatable bonds is 4. The van der Waals surface area contributed by atoms with Gasteiger partial charge in [-0.25, -0.2) is 4.98 Å². The van der Waals surface area contributed by atoms with E-state index in [1.165, 1.54) is 12.3 Å². The minimum atomic E-state index is -0.443. The van der Waals surface area contributed by atoms with E-state index in [2.05, 4.69) is 20.4 Å². The molecule has 0 aliphatic carbocycles. The molecule has 3 aromatic rings. The zero-order chi connectivity index (χ0) is 14.8. The number of non-ortho nitro benzene ring substituents is 1. The number of benzene rings is 1. The van der Waals surface area contributed by atoms with Crippen molar-refractivity contribution in [1.29, 1.82) is 0 Å². The Bertz CT molecular complexity index is 814. The largest absolute Gasteiger partial charge is 0.377 e. The first-order valence-electron chi connectivity index (χ1n) is 6.20. The normalized spacial score (nSPS) is 10.7. The van der Waals surface area contributed by atoms with Crippen molar-refractivity contribution >= 4 is 22.3 Å². The van der Waals surface area contributed by atoms with E-state index in [1.807, 2.05) is 0 Å². The molecule has 0 unspecified atom stereocenters. The number of pyridine rings is 1. The Kier molecular flexibility index (Phi) is 3.19. The molecule has 2 heterocycles. The van der Waals surface area contributed by atoms with Crippen molar-refractivity contribution in [3.05, 3.63) is 52.3 Å². The minimum Gasteiger partial charge on any atom is -0.377 e. The molecule has 1 N–H and O–H groups in total. The smallest absolute Gasteiger partial charge is 0.295 e. The van der Waals surface area contributed by atoms with Gasteiger partial charge < -0.3 is 9.84 Å². The monoisotopic (exact) mass is 285 g/mol. The SMILES string of the molecule is Cc1nc(CNc2ccnc3c([N+](=O)[O-])cccc23)no1. The molecule has 0 atom stereocenters. The maximum absolute atomic E-state index is 11.0. The van der Waals surface area contributed by atoms with Gasteiger partial charge in [0.1, 0.15) is 5.52 Å². The molecule has 21 heavy (non-hydrogen) atoms. The van der Waals surface area contributed by atoms with Crippen LogP contribution in [0.4, 0.5) is 11.4 Å². The maximum atomic E-state index is 11.0. The average Bonchev–Trinajstić information content (AvgIpc) is 2.90. The van der Waals surface area contributed by atoms with Crippen molar-refractivity contribution in [3.8, 4) is 0 Å². The molecule has 1 aromatic carbocycles. The van der Waals surface area contributed by atoms with Gasteiger partial charge in [-0.2, -0.15) is 4.98 Å². The summed E-state index contributed by atoms with van der Waals surface area (Å²) in [5.41, 5.74) is 1.05. The minimum absolute atomic E-state index is 0.0217. The van der Waals surface area contributed by atoms with Crippen molar-refractivity contribution in [3.63, 3.8) is 0 Å². The van der Waals surface area contributed by atoms with Gasteiger partial charge in [-0.3, -0.25) is 10.1 Å². The number of nitro groups is 1. The van der Waals surface area contributed by atoms with Crippen LogP contribution in [0.1, 0.15) is 11.7 Å². The van der Waals surface area contributed by atoms with E-state index in [-0.39, 0.29) is 5.69 Å². The summed E-state index contributed by atoms with van der Waals surface area (Å²) >= 11 is 0. The van der Waals surface area contributed by atoms with Crippen molar-refractivity contribution in [2.24, 2.45) is 0 Å². The highest BCUT2D eigenvalue weighted by atomic mass is 16.6. The van der Waals surface area contributed by atoms with Gasteiger partial charge in [-0.05, 0) is 6.07 Å². The van der Waals surface area contributed by atoms with Crippen LogP contribution in [0.2, 0.25) is 0 Å². The molecule has 0 saturated carbocycles. The van der Waals surface area contributed by atoms with Crippen molar-refractivity contribution < 1.29 is 9.45 Å². The second-order valence-electron chi connectivity index (χ2n) is 4.37. The first kappa shape index (κ1) is 13.0. The summed E-state index contributed by atoms with van der Waals surface area (Å²) in [5.74, 6) is 1.00. The van der Waals surface area contributed by atoms with E-state index in [4.69, 9.17) is 4.52 Å². The molecule has 8 nitrogen and oxygen atoms in total. The van der Waals surface area contributed by atoms with Crippen LogP contribution in [0.3, 0.4) is 0 Å². The predicted octanol–water partition coefficient (Wildman–Crippen LogP) is 2.45. The van der Waals surface area contributed by atoms with Gasteiger partial charge >= 0.3 is 0 Å². The zero-order valence-electron chi connectivity index (χ0n) is 11.1.